The van der Waals surface area contributed by atoms with E-state index in [0.717, 1.165) is 20.6 Å². The molecule has 1 atom stereocenters. The number of benzene rings is 2. The van der Waals surface area contributed by atoms with Gasteiger partial charge in [-0.1, -0.05) is 40.2 Å². The molecule has 2 amide bonds. The molecule has 0 heterocycles. The van der Waals surface area contributed by atoms with Gasteiger partial charge in [-0.15, -0.1) is 0 Å². The Labute approximate surface area is 203 Å². The van der Waals surface area contributed by atoms with Crippen LogP contribution in [0.25, 0.3) is 0 Å². The number of halogens is 2. The van der Waals surface area contributed by atoms with Gasteiger partial charge in [-0.2, -0.15) is 0 Å². The fraction of sp³-hybridized carbons (Fsp3) is 0.391. The highest BCUT2D eigenvalue weighted by Crippen LogP contribution is 2.22. The number of hydrogen-bond donors (Lipinski definition) is 1. The number of carbonyl (C=O) groups is 2. The number of rotatable bonds is 11. The zero-order valence-electron chi connectivity index (χ0n) is 18.9. The highest BCUT2D eigenvalue weighted by molar-refractivity contribution is 9.10. The monoisotopic (exact) mass is 541 g/mol. The van der Waals surface area contributed by atoms with E-state index in [4.69, 9.17) is 0 Å². The predicted octanol–water partition coefficient (Wildman–Crippen LogP) is 3.69. The van der Waals surface area contributed by atoms with Gasteiger partial charge in [0.15, 0.2) is 0 Å². The maximum absolute atomic E-state index is 14.2. The second kappa shape index (κ2) is 12.1. The van der Waals surface area contributed by atoms with Gasteiger partial charge in [0.25, 0.3) is 0 Å². The van der Waals surface area contributed by atoms with Crippen molar-refractivity contribution in [3.63, 3.8) is 0 Å². The van der Waals surface area contributed by atoms with E-state index < -0.39 is 21.9 Å². The summed E-state index contributed by atoms with van der Waals surface area (Å²) in [6, 6.07) is 12.3. The Morgan fingerprint density at radius 3 is 2.45 bits per heavy atom. The van der Waals surface area contributed by atoms with E-state index in [-0.39, 0.29) is 43.4 Å². The molecule has 0 aliphatic carbocycles. The van der Waals surface area contributed by atoms with Gasteiger partial charge in [-0.25, -0.2) is 12.8 Å². The van der Waals surface area contributed by atoms with Gasteiger partial charge < -0.3 is 10.2 Å². The minimum absolute atomic E-state index is 0.00177. The Balaban J connectivity index is 2.16. The van der Waals surface area contributed by atoms with Crippen LogP contribution in [0.2, 0.25) is 0 Å². The molecule has 0 bridgehead atoms. The SMILES string of the molecule is CCNC(=O)[C@@H](C)N(Cc1cccc(Br)c1)C(=O)CCCN(c1ccccc1F)S(C)(=O)=O. The predicted molar refractivity (Wildman–Crippen MR) is 131 cm³/mol. The lowest BCUT2D eigenvalue weighted by molar-refractivity contribution is -0.140. The van der Waals surface area contributed by atoms with Crippen LogP contribution in [-0.4, -0.2) is 50.5 Å². The van der Waals surface area contributed by atoms with Crippen LogP contribution >= 0.6 is 15.9 Å². The first kappa shape index (κ1) is 26.8. The summed E-state index contributed by atoms with van der Waals surface area (Å²) in [5.74, 6) is -1.23. The molecule has 0 saturated carbocycles. The maximum atomic E-state index is 14.2. The smallest absolute Gasteiger partial charge is 0.242 e. The Morgan fingerprint density at radius 2 is 1.85 bits per heavy atom. The number of para-hydroxylation sites is 1. The number of nitrogens with zero attached hydrogens (tertiary/aromatic N) is 2. The summed E-state index contributed by atoms with van der Waals surface area (Å²) in [6.45, 7) is 4.05. The van der Waals surface area contributed by atoms with Crippen LogP contribution in [0.15, 0.2) is 53.0 Å². The summed E-state index contributed by atoms with van der Waals surface area (Å²) in [5, 5.41) is 2.73. The van der Waals surface area contributed by atoms with Crippen molar-refractivity contribution in [3.8, 4) is 0 Å². The number of nitrogens with one attached hydrogen (secondary N) is 1. The lowest BCUT2D eigenvalue weighted by atomic mass is 10.1. The molecule has 2 rings (SSSR count). The van der Waals surface area contributed by atoms with Gasteiger partial charge in [0.1, 0.15) is 11.9 Å². The summed E-state index contributed by atoms with van der Waals surface area (Å²) in [5.41, 5.74) is 0.784. The first-order valence-electron chi connectivity index (χ1n) is 10.6. The molecule has 180 valence electrons. The highest BCUT2D eigenvalue weighted by Gasteiger charge is 2.26. The van der Waals surface area contributed by atoms with Crippen molar-refractivity contribution < 1.29 is 22.4 Å². The van der Waals surface area contributed by atoms with Crippen molar-refractivity contribution in [3.05, 3.63) is 64.4 Å². The zero-order valence-corrected chi connectivity index (χ0v) is 21.3. The van der Waals surface area contributed by atoms with Crippen molar-refractivity contribution in [2.75, 3.05) is 23.7 Å². The van der Waals surface area contributed by atoms with Crippen LogP contribution in [0.1, 0.15) is 32.3 Å². The summed E-state index contributed by atoms with van der Waals surface area (Å²) in [7, 11) is -3.75. The molecular formula is C23H29BrFN3O4S. The second-order valence-corrected chi connectivity index (χ2v) is 10.4. The number of hydrogen-bond acceptors (Lipinski definition) is 4. The van der Waals surface area contributed by atoms with Crippen molar-refractivity contribution in [2.45, 2.75) is 39.3 Å². The van der Waals surface area contributed by atoms with Gasteiger partial charge >= 0.3 is 0 Å². The number of amides is 2. The molecule has 7 nitrogen and oxygen atoms in total. The minimum Gasteiger partial charge on any atom is -0.355 e. The van der Waals surface area contributed by atoms with E-state index in [0.29, 0.717) is 6.54 Å². The lowest BCUT2D eigenvalue weighted by Gasteiger charge is -2.29. The first-order chi connectivity index (χ1) is 15.5. The third kappa shape index (κ3) is 7.82. The molecule has 0 aliphatic heterocycles. The quantitative estimate of drug-likeness (QED) is 0.470. The molecular weight excluding hydrogens is 513 g/mol. The average molecular weight is 542 g/mol. The number of anilines is 1. The number of carbonyl (C=O) groups excluding carboxylic acids is 2. The first-order valence-corrected chi connectivity index (χ1v) is 13.2. The summed E-state index contributed by atoms with van der Waals surface area (Å²) >= 11 is 3.41. The van der Waals surface area contributed by atoms with Gasteiger partial charge in [0, 0.05) is 30.5 Å². The Hall–Kier alpha value is -2.46. The summed E-state index contributed by atoms with van der Waals surface area (Å²) in [4.78, 5) is 27.0. The van der Waals surface area contributed by atoms with Gasteiger partial charge in [-0.05, 0) is 50.1 Å². The number of likely N-dealkylation sites (N-methyl/N-ethyl adjacent to an activating group) is 1. The van der Waals surface area contributed by atoms with E-state index in [9.17, 15) is 22.4 Å². The molecule has 0 aromatic heterocycles. The van der Waals surface area contributed by atoms with Crippen molar-refractivity contribution >= 4 is 43.5 Å². The third-order valence-corrected chi connectivity index (χ3v) is 6.71. The minimum atomic E-state index is -3.75. The lowest BCUT2D eigenvalue weighted by Crippen LogP contribution is -2.47. The van der Waals surface area contributed by atoms with Crippen molar-refractivity contribution in [1.82, 2.24) is 10.2 Å². The molecule has 1 N–H and O–H groups in total. The number of sulfonamides is 1. The van der Waals surface area contributed by atoms with Gasteiger partial charge in [0.05, 0.1) is 11.9 Å². The molecule has 10 heteroatoms. The molecule has 2 aromatic rings. The van der Waals surface area contributed by atoms with E-state index in [1.165, 1.54) is 23.1 Å². The van der Waals surface area contributed by atoms with Crippen molar-refractivity contribution in [1.29, 1.82) is 0 Å². The Kier molecular flexibility index (Phi) is 9.85. The third-order valence-electron chi connectivity index (χ3n) is 5.03. The second-order valence-electron chi connectivity index (χ2n) is 7.61. The van der Waals surface area contributed by atoms with Crippen LogP contribution in [0.5, 0.6) is 0 Å². The van der Waals surface area contributed by atoms with E-state index in [1.54, 1.807) is 19.9 Å². The largest absolute Gasteiger partial charge is 0.355 e. The van der Waals surface area contributed by atoms with Gasteiger partial charge in [0.2, 0.25) is 21.8 Å². The normalized spacial score (nSPS) is 12.2. The molecule has 0 radical (unpaired) electrons. The average Bonchev–Trinajstić information content (AvgIpc) is 2.74. The standard InChI is InChI=1S/C23H29BrFN3O4S/c1-4-26-23(30)17(2)27(16-18-9-7-10-19(24)15-18)22(29)13-8-14-28(33(3,31)32)21-12-6-5-11-20(21)25/h5-7,9-12,15,17H,4,8,13-14,16H2,1-3H3,(H,26,30)/t17-/m1/s1. The molecule has 2 aromatic carbocycles. The van der Waals surface area contributed by atoms with E-state index >= 15 is 0 Å². The van der Waals surface area contributed by atoms with Crippen LogP contribution in [-0.2, 0) is 26.2 Å². The highest BCUT2D eigenvalue weighted by atomic mass is 79.9. The van der Waals surface area contributed by atoms with Crippen LogP contribution < -0.4 is 9.62 Å². The molecule has 0 saturated heterocycles. The topological polar surface area (TPSA) is 86.8 Å². The Morgan fingerprint density at radius 1 is 1.15 bits per heavy atom. The van der Waals surface area contributed by atoms with Crippen LogP contribution in [0, 0.1) is 5.82 Å². The molecule has 33 heavy (non-hydrogen) atoms. The van der Waals surface area contributed by atoms with Crippen LogP contribution in [0.4, 0.5) is 10.1 Å². The fourth-order valence-corrected chi connectivity index (χ4v) is 4.79. The van der Waals surface area contributed by atoms with E-state index in [2.05, 4.69) is 21.2 Å². The fourth-order valence-electron chi connectivity index (χ4n) is 3.37. The maximum Gasteiger partial charge on any atom is 0.242 e. The van der Waals surface area contributed by atoms with Gasteiger partial charge in [-0.3, -0.25) is 13.9 Å². The molecule has 0 aliphatic rings. The van der Waals surface area contributed by atoms with Crippen molar-refractivity contribution in [2.24, 2.45) is 0 Å². The zero-order chi connectivity index (χ0) is 24.6. The molecule has 0 spiro atoms. The molecule has 0 fully saturated rings. The molecule has 0 unspecified atom stereocenters. The summed E-state index contributed by atoms with van der Waals surface area (Å²) < 4.78 is 40.5. The van der Waals surface area contributed by atoms with Crippen LogP contribution in [0.3, 0.4) is 0 Å². The Bertz CT molecular complexity index is 1080. The van der Waals surface area contributed by atoms with E-state index in [1.807, 2.05) is 24.3 Å². The summed E-state index contributed by atoms with van der Waals surface area (Å²) in [6.07, 6.45) is 1.16.